The molecule has 46 heavy (non-hydrogen) atoms. The fraction of sp³-hybridized carbons (Fsp3) is 0.294. The fourth-order valence-electron chi connectivity index (χ4n) is 5.72. The molecule has 1 aromatic heterocycles. The van der Waals surface area contributed by atoms with Crippen molar-refractivity contribution in [2.75, 3.05) is 26.8 Å². The summed E-state index contributed by atoms with van der Waals surface area (Å²) in [6.45, 7) is 0.262. The molecule has 11 nitrogen and oxygen atoms in total. The topological polar surface area (TPSA) is 124 Å². The molecule has 238 valence electrons. The summed E-state index contributed by atoms with van der Waals surface area (Å²) in [4.78, 5) is 41.4. The van der Waals surface area contributed by atoms with Gasteiger partial charge in [-0.1, -0.05) is 18.2 Å². The van der Waals surface area contributed by atoms with Crippen molar-refractivity contribution in [3.05, 3.63) is 102 Å². The number of nitrogens with one attached hydrogen (secondary N) is 2. The molecule has 2 aliphatic heterocycles. The number of carbonyl (C=O) groups is 3. The summed E-state index contributed by atoms with van der Waals surface area (Å²) >= 11 is 0. The molecular formula is C34H34FN5O6. The van der Waals surface area contributed by atoms with Crippen LogP contribution in [0.2, 0.25) is 0 Å². The van der Waals surface area contributed by atoms with E-state index in [9.17, 15) is 18.8 Å². The Bertz CT molecular complexity index is 1730. The molecule has 12 heteroatoms. The molecule has 0 radical (unpaired) electrons. The van der Waals surface area contributed by atoms with Crippen LogP contribution in [0, 0.1) is 5.82 Å². The molecule has 1 saturated heterocycles. The maximum atomic E-state index is 14.7. The molecule has 3 amide bonds. The van der Waals surface area contributed by atoms with E-state index in [1.165, 1.54) is 19.2 Å². The van der Waals surface area contributed by atoms with Crippen molar-refractivity contribution in [1.29, 1.82) is 0 Å². The Kier molecular flexibility index (Phi) is 9.13. The Hall–Kier alpha value is -5.39. The van der Waals surface area contributed by atoms with Crippen molar-refractivity contribution >= 4 is 17.7 Å². The number of methoxy groups -OCH3 is 1. The van der Waals surface area contributed by atoms with Gasteiger partial charge in [0.1, 0.15) is 17.7 Å². The number of carbonyl (C=O) groups excluding carboxylic acids is 3. The lowest BCUT2D eigenvalue weighted by Gasteiger charge is -2.39. The standard InChI is InChI=1S/C34H34FN5O6/c1-44-30-9-7-22-8-10-32(41)36-19-23-15-24(35)18-25(16-23)46-29-11-14-39(20-27(29)38-33(42)21-45-31(30)17-22)34(43)26-5-2-3-6-28(26)40-13-4-12-37-40/h2-7,9,12-13,15-18,27,29H,8,10-11,14,19-21H2,1H3,(H,36,41)(H,38,42)/t27-,29-/m1/s1. The van der Waals surface area contributed by atoms with Gasteiger partial charge in [0.25, 0.3) is 11.8 Å². The quantitative estimate of drug-likeness (QED) is 0.357. The first-order chi connectivity index (χ1) is 22.4. The van der Waals surface area contributed by atoms with Gasteiger partial charge in [-0.15, -0.1) is 0 Å². The lowest BCUT2D eigenvalue weighted by atomic mass is 10.00. The minimum atomic E-state index is -0.649. The number of para-hydroxylation sites is 1. The van der Waals surface area contributed by atoms with E-state index in [1.54, 1.807) is 58.4 Å². The number of piperidine rings is 1. The van der Waals surface area contributed by atoms with Crippen LogP contribution in [-0.4, -0.2) is 71.4 Å². The van der Waals surface area contributed by atoms with Crippen LogP contribution in [0.4, 0.5) is 4.39 Å². The number of benzene rings is 3. The maximum absolute atomic E-state index is 14.7. The van der Waals surface area contributed by atoms with Crippen molar-refractivity contribution in [3.63, 3.8) is 0 Å². The summed E-state index contributed by atoms with van der Waals surface area (Å²) in [5, 5.41) is 10.1. The van der Waals surface area contributed by atoms with E-state index < -0.39 is 23.9 Å². The average Bonchev–Trinajstić information content (AvgIpc) is 3.60. The van der Waals surface area contributed by atoms with Crippen LogP contribution in [0.1, 0.15) is 34.3 Å². The number of fused-ring (bicyclic) bond motifs is 5. The number of hydrogen-bond acceptors (Lipinski definition) is 7. The van der Waals surface area contributed by atoms with Gasteiger partial charge >= 0.3 is 0 Å². The van der Waals surface area contributed by atoms with Crippen LogP contribution in [0.15, 0.2) is 79.1 Å². The molecule has 0 unspecified atom stereocenters. The molecule has 4 bridgehead atoms. The minimum Gasteiger partial charge on any atom is -0.493 e. The second kappa shape index (κ2) is 13.7. The van der Waals surface area contributed by atoms with Gasteiger partial charge in [0.15, 0.2) is 18.1 Å². The minimum absolute atomic E-state index is 0.118. The second-order valence-corrected chi connectivity index (χ2v) is 11.2. The monoisotopic (exact) mass is 627 g/mol. The number of aryl methyl sites for hydroxylation is 1. The van der Waals surface area contributed by atoms with Crippen LogP contribution in [-0.2, 0) is 22.6 Å². The molecule has 3 heterocycles. The van der Waals surface area contributed by atoms with Gasteiger partial charge in [0.05, 0.1) is 24.4 Å². The third-order valence-corrected chi connectivity index (χ3v) is 8.00. The predicted octanol–water partition coefficient (Wildman–Crippen LogP) is 3.44. The number of nitrogens with zero attached hydrogens (tertiary/aromatic N) is 3. The number of hydrogen-bond donors (Lipinski definition) is 2. The normalized spacial score (nSPS) is 18.9. The molecule has 2 N–H and O–H groups in total. The van der Waals surface area contributed by atoms with E-state index in [4.69, 9.17) is 14.2 Å². The van der Waals surface area contributed by atoms with Crippen molar-refractivity contribution in [1.82, 2.24) is 25.3 Å². The van der Waals surface area contributed by atoms with E-state index in [-0.39, 0.29) is 43.7 Å². The van der Waals surface area contributed by atoms with Crippen LogP contribution >= 0.6 is 0 Å². The van der Waals surface area contributed by atoms with Gasteiger partial charge in [-0.25, -0.2) is 9.07 Å². The highest BCUT2D eigenvalue weighted by molar-refractivity contribution is 5.98. The zero-order chi connectivity index (χ0) is 32.0. The van der Waals surface area contributed by atoms with E-state index in [0.29, 0.717) is 47.7 Å². The van der Waals surface area contributed by atoms with Crippen molar-refractivity contribution in [2.24, 2.45) is 0 Å². The smallest absolute Gasteiger partial charge is 0.258 e. The largest absolute Gasteiger partial charge is 0.493 e. The highest BCUT2D eigenvalue weighted by atomic mass is 19.1. The number of amides is 3. The van der Waals surface area contributed by atoms with Gasteiger partial charge in [0.2, 0.25) is 5.91 Å². The van der Waals surface area contributed by atoms with Crippen molar-refractivity contribution in [2.45, 2.75) is 38.0 Å². The van der Waals surface area contributed by atoms with E-state index in [2.05, 4.69) is 15.7 Å². The summed E-state index contributed by atoms with van der Waals surface area (Å²) in [6.07, 6.45) is 3.81. The van der Waals surface area contributed by atoms with E-state index >= 15 is 0 Å². The first-order valence-corrected chi connectivity index (χ1v) is 15.1. The third kappa shape index (κ3) is 7.12. The van der Waals surface area contributed by atoms with Gasteiger partial charge in [0, 0.05) is 50.9 Å². The van der Waals surface area contributed by atoms with Crippen molar-refractivity contribution < 1.29 is 33.0 Å². The Morgan fingerprint density at radius 1 is 1.02 bits per heavy atom. The summed E-state index contributed by atoms with van der Waals surface area (Å²) in [6, 6.07) is 17.9. The Labute approximate surface area is 265 Å². The zero-order valence-corrected chi connectivity index (χ0v) is 25.3. The van der Waals surface area contributed by atoms with Crippen LogP contribution in [0.5, 0.6) is 17.2 Å². The first kappa shape index (κ1) is 30.6. The lowest BCUT2D eigenvalue weighted by molar-refractivity contribution is -0.125. The predicted molar refractivity (Wildman–Crippen MR) is 165 cm³/mol. The number of halogens is 1. The van der Waals surface area contributed by atoms with E-state index in [0.717, 1.165) is 5.56 Å². The summed E-state index contributed by atoms with van der Waals surface area (Å²) in [7, 11) is 1.51. The SMILES string of the molecule is COc1ccc2cc1OCC(=O)N[C@@H]1CN(C(=O)c3ccccc3-n3cccn3)CC[C@H]1Oc1cc(F)cc(c1)CNC(=O)CC2. The van der Waals surface area contributed by atoms with Gasteiger partial charge < -0.3 is 29.7 Å². The highest BCUT2D eigenvalue weighted by Crippen LogP contribution is 2.29. The summed E-state index contributed by atoms with van der Waals surface area (Å²) in [5.41, 5.74) is 2.46. The Balaban J connectivity index is 1.28. The first-order valence-electron chi connectivity index (χ1n) is 15.1. The fourth-order valence-corrected chi connectivity index (χ4v) is 5.72. The van der Waals surface area contributed by atoms with E-state index in [1.807, 2.05) is 18.2 Å². The average molecular weight is 628 g/mol. The number of ether oxygens (including phenoxy) is 3. The van der Waals surface area contributed by atoms with Gasteiger partial charge in [-0.05, 0) is 60.0 Å². The highest BCUT2D eigenvalue weighted by Gasteiger charge is 2.35. The molecule has 3 aromatic carbocycles. The lowest BCUT2D eigenvalue weighted by Crippen LogP contribution is -2.58. The second-order valence-electron chi connectivity index (χ2n) is 11.2. The Morgan fingerprint density at radius 3 is 2.72 bits per heavy atom. The van der Waals surface area contributed by atoms with Gasteiger partial charge in [-0.2, -0.15) is 5.10 Å². The summed E-state index contributed by atoms with van der Waals surface area (Å²) < 4.78 is 33.9. The zero-order valence-electron chi connectivity index (χ0n) is 25.3. The molecule has 0 spiro atoms. The molecular weight excluding hydrogens is 593 g/mol. The number of rotatable bonds is 3. The van der Waals surface area contributed by atoms with Crippen molar-refractivity contribution in [3.8, 4) is 22.9 Å². The molecule has 6 rings (SSSR count). The summed E-state index contributed by atoms with van der Waals surface area (Å²) in [5.74, 6) is -0.296. The molecule has 2 aliphatic rings. The van der Waals surface area contributed by atoms with Crippen LogP contribution in [0.3, 0.4) is 0 Å². The number of aromatic nitrogens is 2. The molecule has 0 aliphatic carbocycles. The number of likely N-dealkylation sites (tertiary alicyclic amines) is 1. The molecule has 0 saturated carbocycles. The molecule has 2 atom stereocenters. The third-order valence-electron chi connectivity index (χ3n) is 8.00. The Morgan fingerprint density at radius 2 is 1.89 bits per heavy atom. The molecule has 4 aromatic rings. The van der Waals surface area contributed by atoms with Crippen LogP contribution < -0.4 is 24.8 Å². The molecule has 1 fully saturated rings. The van der Waals surface area contributed by atoms with Gasteiger partial charge in [-0.3, -0.25) is 14.4 Å². The maximum Gasteiger partial charge on any atom is 0.258 e. The van der Waals surface area contributed by atoms with Crippen LogP contribution in [0.25, 0.3) is 5.69 Å².